The number of benzene rings is 2. The highest BCUT2D eigenvalue weighted by atomic mass is 35.5. The standard InChI is InChI=1S/C15H14ClN3/c1-10-2-7-14-13(8-10)18-15(17)19(14)9-11-3-5-12(16)6-4-11/h2-8H,9H2,1H3,(H2,17,18). The summed E-state index contributed by atoms with van der Waals surface area (Å²) in [7, 11) is 0. The number of hydrogen-bond acceptors (Lipinski definition) is 2. The van der Waals surface area contributed by atoms with E-state index in [2.05, 4.69) is 17.1 Å². The van der Waals surface area contributed by atoms with E-state index in [1.54, 1.807) is 0 Å². The lowest BCUT2D eigenvalue weighted by Crippen LogP contribution is -2.04. The Balaban J connectivity index is 2.05. The second-order valence-electron chi connectivity index (χ2n) is 4.67. The fourth-order valence-corrected chi connectivity index (χ4v) is 2.32. The van der Waals surface area contributed by atoms with Crippen molar-refractivity contribution in [3.63, 3.8) is 0 Å². The van der Waals surface area contributed by atoms with Gasteiger partial charge in [0, 0.05) is 5.02 Å². The molecule has 0 aliphatic rings. The molecule has 0 spiro atoms. The fraction of sp³-hybridized carbons (Fsp3) is 0.133. The number of rotatable bonds is 2. The van der Waals surface area contributed by atoms with Gasteiger partial charge in [-0.15, -0.1) is 0 Å². The van der Waals surface area contributed by atoms with Crippen LogP contribution in [0, 0.1) is 6.92 Å². The molecule has 2 N–H and O–H groups in total. The molecular weight excluding hydrogens is 258 g/mol. The molecule has 1 heterocycles. The molecule has 0 saturated carbocycles. The minimum absolute atomic E-state index is 0.538. The Morgan fingerprint density at radius 2 is 1.89 bits per heavy atom. The number of anilines is 1. The lowest BCUT2D eigenvalue weighted by molar-refractivity contribution is 0.838. The van der Waals surface area contributed by atoms with Crippen molar-refractivity contribution in [1.29, 1.82) is 0 Å². The largest absolute Gasteiger partial charge is 0.369 e. The maximum atomic E-state index is 6.01. The number of fused-ring (bicyclic) bond motifs is 1. The van der Waals surface area contributed by atoms with Crippen LogP contribution in [0.1, 0.15) is 11.1 Å². The van der Waals surface area contributed by atoms with Crippen molar-refractivity contribution < 1.29 is 0 Å². The lowest BCUT2D eigenvalue weighted by Gasteiger charge is -2.07. The Morgan fingerprint density at radius 3 is 2.63 bits per heavy atom. The number of aromatic nitrogens is 2. The van der Waals surface area contributed by atoms with E-state index in [4.69, 9.17) is 17.3 Å². The molecule has 3 rings (SSSR count). The van der Waals surface area contributed by atoms with E-state index >= 15 is 0 Å². The third-order valence-corrected chi connectivity index (χ3v) is 3.44. The summed E-state index contributed by atoms with van der Waals surface area (Å²) in [6, 6.07) is 14.0. The van der Waals surface area contributed by atoms with Crippen molar-refractivity contribution in [2.45, 2.75) is 13.5 Å². The first kappa shape index (κ1) is 12.1. The van der Waals surface area contributed by atoms with Crippen LogP contribution in [-0.2, 0) is 6.54 Å². The Labute approximate surface area is 116 Å². The van der Waals surface area contributed by atoms with E-state index in [9.17, 15) is 0 Å². The van der Waals surface area contributed by atoms with Crippen LogP contribution in [0.3, 0.4) is 0 Å². The molecule has 0 atom stereocenters. The van der Waals surface area contributed by atoms with Gasteiger partial charge < -0.3 is 10.3 Å². The van der Waals surface area contributed by atoms with Gasteiger partial charge in [-0.2, -0.15) is 0 Å². The molecule has 96 valence electrons. The van der Waals surface area contributed by atoms with Crippen LogP contribution < -0.4 is 5.73 Å². The minimum atomic E-state index is 0.538. The van der Waals surface area contributed by atoms with Crippen molar-refractivity contribution in [1.82, 2.24) is 9.55 Å². The Morgan fingerprint density at radius 1 is 1.16 bits per heavy atom. The Kier molecular flexibility index (Phi) is 2.91. The molecule has 3 nitrogen and oxygen atoms in total. The molecule has 0 radical (unpaired) electrons. The van der Waals surface area contributed by atoms with Crippen LogP contribution in [0.15, 0.2) is 42.5 Å². The molecule has 0 unspecified atom stereocenters. The normalized spacial score (nSPS) is 11.1. The maximum absolute atomic E-state index is 6.01. The van der Waals surface area contributed by atoms with Crippen molar-refractivity contribution in [3.05, 3.63) is 58.6 Å². The molecular formula is C15H14ClN3. The summed E-state index contributed by atoms with van der Waals surface area (Å²) in [5, 5.41) is 0.739. The summed E-state index contributed by atoms with van der Waals surface area (Å²) in [5.74, 6) is 0.538. The van der Waals surface area contributed by atoms with Gasteiger partial charge in [-0.25, -0.2) is 4.98 Å². The Hall–Kier alpha value is -2.00. The van der Waals surface area contributed by atoms with Crippen LogP contribution in [0.25, 0.3) is 11.0 Å². The minimum Gasteiger partial charge on any atom is -0.369 e. The number of halogens is 1. The van der Waals surface area contributed by atoms with Gasteiger partial charge in [0.25, 0.3) is 0 Å². The topological polar surface area (TPSA) is 43.8 Å². The quantitative estimate of drug-likeness (QED) is 0.773. The van der Waals surface area contributed by atoms with Gasteiger partial charge in [0.1, 0.15) is 0 Å². The number of imidazole rings is 1. The second-order valence-corrected chi connectivity index (χ2v) is 5.11. The van der Waals surface area contributed by atoms with E-state index in [1.807, 2.05) is 41.8 Å². The van der Waals surface area contributed by atoms with Gasteiger partial charge in [0.2, 0.25) is 5.95 Å². The number of hydrogen-bond donors (Lipinski definition) is 1. The van der Waals surface area contributed by atoms with Crippen LogP contribution in [0.5, 0.6) is 0 Å². The molecule has 0 aliphatic carbocycles. The third kappa shape index (κ3) is 2.29. The zero-order chi connectivity index (χ0) is 13.4. The van der Waals surface area contributed by atoms with Crippen molar-refractivity contribution in [2.75, 3.05) is 5.73 Å². The van der Waals surface area contributed by atoms with Gasteiger partial charge in [0.15, 0.2) is 0 Å². The average Bonchev–Trinajstić information content (AvgIpc) is 2.68. The van der Waals surface area contributed by atoms with E-state index in [0.717, 1.165) is 21.6 Å². The number of nitrogens with zero attached hydrogens (tertiary/aromatic N) is 2. The highest BCUT2D eigenvalue weighted by Gasteiger charge is 2.08. The molecule has 1 aromatic heterocycles. The lowest BCUT2D eigenvalue weighted by atomic mass is 10.2. The second kappa shape index (κ2) is 4.59. The summed E-state index contributed by atoms with van der Waals surface area (Å²) in [6.45, 7) is 2.75. The summed E-state index contributed by atoms with van der Waals surface area (Å²) in [6.07, 6.45) is 0. The highest BCUT2D eigenvalue weighted by molar-refractivity contribution is 6.30. The summed E-state index contributed by atoms with van der Waals surface area (Å²) in [5.41, 5.74) is 10.3. The monoisotopic (exact) mass is 271 g/mol. The van der Waals surface area contributed by atoms with Crippen LogP contribution in [-0.4, -0.2) is 9.55 Å². The van der Waals surface area contributed by atoms with Crippen LogP contribution in [0.2, 0.25) is 5.02 Å². The third-order valence-electron chi connectivity index (χ3n) is 3.19. The first-order chi connectivity index (χ1) is 9.13. The molecule has 19 heavy (non-hydrogen) atoms. The van der Waals surface area contributed by atoms with Crippen LogP contribution in [0.4, 0.5) is 5.95 Å². The van der Waals surface area contributed by atoms with E-state index in [0.29, 0.717) is 12.5 Å². The highest BCUT2D eigenvalue weighted by Crippen LogP contribution is 2.21. The predicted octanol–water partition coefficient (Wildman–Crippen LogP) is 3.63. The molecule has 0 fully saturated rings. The van der Waals surface area contributed by atoms with Crippen LogP contribution >= 0.6 is 11.6 Å². The van der Waals surface area contributed by atoms with Gasteiger partial charge in [-0.1, -0.05) is 29.8 Å². The maximum Gasteiger partial charge on any atom is 0.201 e. The van der Waals surface area contributed by atoms with Gasteiger partial charge in [-0.3, -0.25) is 0 Å². The molecule has 0 aliphatic heterocycles. The molecule has 0 saturated heterocycles. The average molecular weight is 272 g/mol. The fourth-order valence-electron chi connectivity index (χ4n) is 2.20. The van der Waals surface area contributed by atoms with Gasteiger partial charge in [-0.05, 0) is 42.3 Å². The first-order valence-corrected chi connectivity index (χ1v) is 6.48. The molecule has 2 aromatic carbocycles. The smallest absolute Gasteiger partial charge is 0.201 e. The van der Waals surface area contributed by atoms with Crippen molar-refractivity contribution in [2.24, 2.45) is 0 Å². The Bertz CT molecular complexity index is 729. The van der Waals surface area contributed by atoms with Crippen molar-refractivity contribution in [3.8, 4) is 0 Å². The summed E-state index contributed by atoms with van der Waals surface area (Å²) in [4.78, 5) is 4.40. The van der Waals surface area contributed by atoms with E-state index < -0.39 is 0 Å². The zero-order valence-corrected chi connectivity index (χ0v) is 11.4. The summed E-state index contributed by atoms with van der Waals surface area (Å²) >= 11 is 5.89. The van der Waals surface area contributed by atoms with E-state index in [1.165, 1.54) is 5.56 Å². The summed E-state index contributed by atoms with van der Waals surface area (Å²) < 4.78 is 2.01. The zero-order valence-electron chi connectivity index (χ0n) is 10.6. The van der Waals surface area contributed by atoms with E-state index in [-0.39, 0.29) is 0 Å². The SMILES string of the molecule is Cc1ccc2c(c1)nc(N)n2Cc1ccc(Cl)cc1. The first-order valence-electron chi connectivity index (χ1n) is 6.10. The number of nitrogens with two attached hydrogens (primary N) is 1. The molecule has 0 amide bonds. The number of aryl methyl sites for hydroxylation is 1. The van der Waals surface area contributed by atoms with Gasteiger partial charge in [0.05, 0.1) is 17.6 Å². The molecule has 0 bridgehead atoms. The predicted molar refractivity (Wildman–Crippen MR) is 79.4 cm³/mol. The molecule has 4 heteroatoms. The molecule has 3 aromatic rings. The van der Waals surface area contributed by atoms with Crippen molar-refractivity contribution >= 4 is 28.6 Å². The van der Waals surface area contributed by atoms with Gasteiger partial charge >= 0.3 is 0 Å². The number of nitrogen functional groups attached to an aromatic ring is 1.